The Balaban J connectivity index is 1.50. The minimum Gasteiger partial charge on any atom is -0.486 e. The Bertz CT molecular complexity index is 977. The lowest BCUT2D eigenvalue weighted by Crippen LogP contribution is -2.37. The van der Waals surface area contributed by atoms with Gasteiger partial charge in [0.1, 0.15) is 19.0 Å². The molecule has 4 rings (SSSR count). The zero-order valence-electron chi connectivity index (χ0n) is 16.6. The molecule has 0 aromatic heterocycles. The van der Waals surface area contributed by atoms with Crippen LogP contribution >= 0.6 is 0 Å². The van der Waals surface area contributed by atoms with E-state index in [1.807, 2.05) is 0 Å². The quantitative estimate of drug-likeness (QED) is 0.687. The molecule has 0 aliphatic carbocycles. The molecule has 2 aromatic rings. The maximum Gasteiger partial charge on any atom is 0.228 e. The van der Waals surface area contributed by atoms with E-state index in [0.29, 0.717) is 36.0 Å². The van der Waals surface area contributed by atoms with E-state index in [2.05, 4.69) is 6.58 Å². The number of rotatable bonds is 6. The van der Waals surface area contributed by atoms with Crippen LogP contribution in [0.1, 0.15) is 12.0 Å². The Kier molecular flexibility index (Phi) is 5.70. The minimum absolute atomic E-state index is 0.109. The van der Waals surface area contributed by atoms with Crippen LogP contribution in [0.3, 0.4) is 0 Å². The predicted octanol–water partition coefficient (Wildman–Crippen LogP) is 3.16. The third kappa shape index (κ3) is 4.01. The molecule has 1 saturated heterocycles. The summed E-state index contributed by atoms with van der Waals surface area (Å²) in [4.78, 5) is 28.9. The van der Waals surface area contributed by atoms with E-state index in [9.17, 15) is 14.0 Å². The molecule has 2 aliphatic heterocycles. The van der Waals surface area contributed by atoms with Crippen LogP contribution in [0.15, 0.2) is 55.1 Å². The zero-order valence-corrected chi connectivity index (χ0v) is 16.6. The number of nitrogens with zero attached hydrogens (tertiary/aromatic N) is 2. The number of carbonyl (C=O) groups is 2. The molecule has 2 amide bonds. The van der Waals surface area contributed by atoms with Crippen molar-refractivity contribution in [1.29, 1.82) is 0 Å². The van der Waals surface area contributed by atoms with E-state index in [1.54, 1.807) is 47.4 Å². The van der Waals surface area contributed by atoms with E-state index in [0.717, 1.165) is 0 Å². The van der Waals surface area contributed by atoms with Crippen molar-refractivity contribution in [2.75, 3.05) is 31.2 Å². The smallest absolute Gasteiger partial charge is 0.228 e. The lowest BCUT2D eigenvalue weighted by molar-refractivity contribution is -0.135. The summed E-state index contributed by atoms with van der Waals surface area (Å²) in [6.45, 7) is 5.33. The number of hydrogen-bond donors (Lipinski definition) is 0. The van der Waals surface area contributed by atoms with Crippen molar-refractivity contribution in [3.8, 4) is 11.5 Å². The van der Waals surface area contributed by atoms with Gasteiger partial charge in [-0.05, 0) is 18.2 Å². The summed E-state index contributed by atoms with van der Waals surface area (Å²) in [7, 11) is 0. The molecule has 0 N–H and O–H groups in total. The molecule has 0 spiro atoms. The summed E-state index contributed by atoms with van der Waals surface area (Å²) in [5.41, 5.74) is 1.10. The molecule has 0 radical (unpaired) electrons. The van der Waals surface area contributed by atoms with Crippen molar-refractivity contribution >= 4 is 17.5 Å². The summed E-state index contributed by atoms with van der Waals surface area (Å²) in [5.74, 6) is 0.0543. The molecule has 156 valence electrons. The fourth-order valence-corrected chi connectivity index (χ4v) is 3.80. The van der Waals surface area contributed by atoms with Crippen molar-refractivity contribution < 1.29 is 23.5 Å². The Hall–Kier alpha value is -3.35. The second-order valence-corrected chi connectivity index (χ2v) is 7.33. The van der Waals surface area contributed by atoms with Crippen molar-refractivity contribution in [3.63, 3.8) is 0 Å². The zero-order chi connectivity index (χ0) is 21.1. The molecule has 2 aliphatic rings. The van der Waals surface area contributed by atoms with Gasteiger partial charge < -0.3 is 19.3 Å². The Morgan fingerprint density at radius 2 is 1.97 bits per heavy atom. The second-order valence-electron chi connectivity index (χ2n) is 7.33. The Morgan fingerprint density at radius 1 is 1.20 bits per heavy atom. The molecule has 0 saturated carbocycles. The van der Waals surface area contributed by atoms with Crippen molar-refractivity contribution in [2.24, 2.45) is 5.92 Å². The van der Waals surface area contributed by atoms with Gasteiger partial charge in [0, 0.05) is 43.4 Å². The molecular formula is C23H23FN2O4. The molecular weight excluding hydrogens is 387 g/mol. The van der Waals surface area contributed by atoms with Crippen molar-refractivity contribution in [2.45, 2.75) is 13.0 Å². The van der Waals surface area contributed by atoms with Crippen LogP contribution in [0.4, 0.5) is 10.1 Å². The fourth-order valence-electron chi connectivity index (χ4n) is 3.80. The van der Waals surface area contributed by atoms with Gasteiger partial charge in [-0.25, -0.2) is 4.39 Å². The average molecular weight is 410 g/mol. The first kappa shape index (κ1) is 19.9. The highest BCUT2D eigenvalue weighted by atomic mass is 19.1. The van der Waals surface area contributed by atoms with Crippen LogP contribution in [0.5, 0.6) is 11.5 Å². The normalized spacial score (nSPS) is 17.7. The van der Waals surface area contributed by atoms with Gasteiger partial charge in [0.25, 0.3) is 0 Å². The lowest BCUT2D eigenvalue weighted by atomic mass is 10.1. The minimum atomic E-state index is -0.502. The summed E-state index contributed by atoms with van der Waals surface area (Å²) in [6.07, 6.45) is 1.71. The van der Waals surface area contributed by atoms with E-state index >= 15 is 0 Å². The number of halogens is 1. The molecule has 1 fully saturated rings. The second kappa shape index (κ2) is 8.57. The molecule has 0 bridgehead atoms. The van der Waals surface area contributed by atoms with E-state index in [4.69, 9.17) is 9.47 Å². The largest absolute Gasteiger partial charge is 0.486 e. The summed E-state index contributed by atoms with van der Waals surface area (Å²) in [5, 5.41) is 0. The number of anilines is 1. The van der Waals surface area contributed by atoms with Crippen LogP contribution in [-0.2, 0) is 16.1 Å². The molecule has 30 heavy (non-hydrogen) atoms. The first-order chi connectivity index (χ1) is 14.6. The van der Waals surface area contributed by atoms with E-state index < -0.39 is 5.92 Å². The number of hydrogen-bond acceptors (Lipinski definition) is 4. The van der Waals surface area contributed by atoms with Gasteiger partial charge >= 0.3 is 0 Å². The SMILES string of the molecule is C=CCN(Cc1ccccc1F)C(=O)C1CC(=O)N(c2ccc3c(c2)OCCO3)C1. The van der Waals surface area contributed by atoms with Gasteiger partial charge in [-0.1, -0.05) is 24.3 Å². The van der Waals surface area contributed by atoms with E-state index in [-0.39, 0.29) is 43.7 Å². The lowest BCUT2D eigenvalue weighted by Gasteiger charge is -2.25. The van der Waals surface area contributed by atoms with Gasteiger partial charge in [-0.3, -0.25) is 9.59 Å². The van der Waals surface area contributed by atoms with Gasteiger partial charge in [-0.15, -0.1) is 6.58 Å². The summed E-state index contributed by atoms with van der Waals surface area (Å²) in [6, 6.07) is 11.7. The Labute approximate surface area is 174 Å². The highest BCUT2D eigenvalue weighted by Crippen LogP contribution is 2.36. The monoisotopic (exact) mass is 410 g/mol. The first-order valence-corrected chi connectivity index (χ1v) is 9.90. The molecule has 6 nitrogen and oxygen atoms in total. The van der Waals surface area contributed by atoms with Gasteiger partial charge in [0.2, 0.25) is 11.8 Å². The maximum absolute atomic E-state index is 14.1. The van der Waals surface area contributed by atoms with E-state index in [1.165, 1.54) is 11.0 Å². The molecule has 7 heteroatoms. The molecule has 2 aromatic carbocycles. The molecule has 1 atom stereocenters. The van der Waals surface area contributed by atoms with Crippen molar-refractivity contribution in [3.05, 3.63) is 66.5 Å². The van der Waals surface area contributed by atoms with Gasteiger partial charge in [-0.2, -0.15) is 0 Å². The third-order valence-corrected chi connectivity index (χ3v) is 5.29. The average Bonchev–Trinajstić information content (AvgIpc) is 3.15. The Morgan fingerprint density at radius 3 is 2.73 bits per heavy atom. The van der Waals surface area contributed by atoms with Gasteiger partial charge in [0.05, 0.1) is 5.92 Å². The van der Waals surface area contributed by atoms with Crippen LogP contribution in [0.25, 0.3) is 0 Å². The molecule has 2 heterocycles. The standard InChI is InChI=1S/C23H23FN2O4/c1-2-9-25(14-16-5-3-4-6-19(16)24)23(28)17-12-22(27)26(15-17)18-7-8-20-21(13-18)30-11-10-29-20/h2-8,13,17H,1,9-12,14-15H2. The van der Waals surface area contributed by atoms with Crippen LogP contribution in [0, 0.1) is 11.7 Å². The fraction of sp³-hybridized carbons (Fsp3) is 0.304. The topological polar surface area (TPSA) is 59.1 Å². The number of carbonyl (C=O) groups excluding carboxylic acids is 2. The molecule has 1 unspecified atom stereocenters. The number of amides is 2. The predicted molar refractivity (Wildman–Crippen MR) is 110 cm³/mol. The number of ether oxygens (including phenoxy) is 2. The maximum atomic E-state index is 14.1. The summed E-state index contributed by atoms with van der Waals surface area (Å²) < 4.78 is 25.2. The highest BCUT2D eigenvalue weighted by Gasteiger charge is 2.37. The number of benzene rings is 2. The number of fused-ring (bicyclic) bond motifs is 1. The van der Waals surface area contributed by atoms with Crippen LogP contribution < -0.4 is 14.4 Å². The van der Waals surface area contributed by atoms with Crippen LogP contribution in [0.2, 0.25) is 0 Å². The first-order valence-electron chi connectivity index (χ1n) is 9.90. The summed E-state index contributed by atoms with van der Waals surface area (Å²) >= 11 is 0. The highest BCUT2D eigenvalue weighted by molar-refractivity contribution is 6.00. The van der Waals surface area contributed by atoms with Crippen molar-refractivity contribution in [1.82, 2.24) is 4.90 Å². The van der Waals surface area contributed by atoms with Crippen LogP contribution in [-0.4, -0.2) is 43.0 Å². The third-order valence-electron chi connectivity index (χ3n) is 5.29. The van der Waals surface area contributed by atoms with Gasteiger partial charge in [0.15, 0.2) is 11.5 Å².